The Morgan fingerprint density at radius 3 is 2.77 bits per heavy atom. The van der Waals surface area contributed by atoms with Crippen molar-refractivity contribution in [2.75, 3.05) is 26.2 Å². The van der Waals surface area contributed by atoms with E-state index in [1.165, 1.54) is 0 Å². The molecule has 1 amide bonds. The van der Waals surface area contributed by atoms with Crippen molar-refractivity contribution in [1.82, 2.24) is 10.2 Å². The molecular formula is C10H18N2O. The van der Waals surface area contributed by atoms with Gasteiger partial charge in [0.1, 0.15) is 0 Å². The molecule has 1 saturated carbocycles. The molecule has 0 bridgehead atoms. The van der Waals surface area contributed by atoms with Gasteiger partial charge >= 0.3 is 0 Å². The van der Waals surface area contributed by atoms with Gasteiger partial charge in [-0.15, -0.1) is 0 Å². The van der Waals surface area contributed by atoms with E-state index in [1.54, 1.807) is 0 Å². The summed E-state index contributed by atoms with van der Waals surface area (Å²) in [5.74, 6) is 0.385. The molecule has 0 aromatic rings. The van der Waals surface area contributed by atoms with Crippen LogP contribution in [0.15, 0.2) is 0 Å². The average molecular weight is 182 g/mol. The van der Waals surface area contributed by atoms with Crippen LogP contribution >= 0.6 is 0 Å². The van der Waals surface area contributed by atoms with Crippen molar-refractivity contribution in [3.8, 4) is 0 Å². The molecule has 0 aromatic carbocycles. The summed E-state index contributed by atoms with van der Waals surface area (Å²) < 4.78 is 0. The lowest BCUT2D eigenvalue weighted by Gasteiger charge is -2.23. The number of rotatable bonds is 1. The highest BCUT2D eigenvalue weighted by atomic mass is 16.2. The van der Waals surface area contributed by atoms with Crippen LogP contribution in [0.4, 0.5) is 0 Å². The molecule has 1 aliphatic carbocycles. The van der Waals surface area contributed by atoms with Crippen LogP contribution in [0.5, 0.6) is 0 Å². The van der Waals surface area contributed by atoms with Crippen LogP contribution in [-0.2, 0) is 4.79 Å². The summed E-state index contributed by atoms with van der Waals surface area (Å²) in [5.41, 5.74) is 0.0182. The first-order chi connectivity index (χ1) is 6.22. The Balaban J connectivity index is 1.94. The number of nitrogens with zero attached hydrogens (tertiary/aromatic N) is 1. The van der Waals surface area contributed by atoms with Gasteiger partial charge in [-0.05, 0) is 25.8 Å². The molecule has 0 aromatic heterocycles. The highest BCUT2D eigenvalue weighted by molar-refractivity contribution is 5.84. The van der Waals surface area contributed by atoms with E-state index in [0.717, 1.165) is 45.4 Å². The molecule has 1 aliphatic heterocycles. The standard InChI is InChI=1S/C10H18N2O/c1-10(3-4-10)9(13)12-7-2-5-11-6-8-12/h11H,2-8H2,1H3. The minimum atomic E-state index is 0.0182. The zero-order chi connectivity index (χ0) is 9.31. The monoisotopic (exact) mass is 182 g/mol. The van der Waals surface area contributed by atoms with E-state index >= 15 is 0 Å². The number of hydrogen-bond donors (Lipinski definition) is 1. The molecule has 3 nitrogen and oxygen atoms in total. The van der Waals surface area contributed by atoms with Crippen LogP contribution in [-0.4, -0.2) is 37.0 Å². The summed E-state index contributed by atoms with van der Waals surface area (Å²) in [6.07, 6.45) is 3.29. The molecule has 1 N–H and O–H groups in total. The van der Waals surface area contributed by atoms with E-state index < -0.39 is 0 Å². The lowest BCUT2D eigenvalue weighted by Crippen LogP contribution is -2.38. The molecular weight excluding hydrogens is 164 g/mol. The largest absolute Gasteiger partial charge is 0.341 e. The third kappa shape index (κ3) is 1.85. The molecule has 2 rings (SSSR count). The van der Waals surface area contributed by atoms with Crippen LogP contribution in [0.3, 0.4) is 0 Å². The molecule has 3 heteroatoms. The SMILES string of the molecule is CC1(C(=O)N2CCCNCC2)CC1. The van der Waals surface area contributed by atoms with Crippen LogP contribution in [0.1, 0.15) is 26.2 Å². The smallest absolute Gasteiger partial charge is 0.228 e. The number of carbonyl (C=O) groups is 1. The zero-order valence-electron chi connectivity index (χ0n) is 8.31. The van der Waals surface area contributed by atoms with E-state index in [2.05, 4.69) is 12.2 Å². The number of hydrogen-bond acceptors (Lipinski definition) is 2. The van der Waals surface area contributed by atoms with Crippen molar-refractivity contribution in [2.45, 2.75) is 26.2 Å². The Morgan fingerprint density at radius 1 is 1.31 bits per heavy atom. The number of carbonyl (C=O) groups excluding carboxylic acids is 1. The lowest BCUT2D eigenvalue weighted by molar-refractivity contribution is -0.136. The van der Waals surface area contributed by atoms with Crippen molar-refractivity contribution in [2.24, 2.45) is 5.41 Å². The quantitative estimate of drug-likeness (QED) is 0.644. The van der Waals surface area contributed by atoms with E-state index in [-0.39, 0.29) is 5.41 Å². The fourth-order valence-corrected chi connectivity index (χ4v) is 1.83. The zero-order valence-corrected chi connectivity index (χ0v) is 8.31. The predicted octanol–water partition coefficient (Wildman–Crippen LogP) is 0.608. The Bertz CT molecular complexity index is 203. The average Bonchev–Trinajstić information content (AvgIpc) is 2.88. The number of amides is 1. The first-order valence-electron chi connectivity index (χ1n) is 5.22. The van der Waals surface area contributed by atoms with Gasteiger partial charge in [-0.25, -0.2) is 0 Å². The summed E-state index contributed by atoms with van der Waals surface area (Å²) in [5, 5.41) is 3.31. The summed E-state index contributed by atoms with van der Waals surface area (Å²) >= 11 is 0. The van der Waals surface area contributed by atoms with Crippen molar-refractivity contribution in [1.29, 1.82) is 0 Å². The Kier molecular flexibility index (Phi) is 2.28. The van der Waals surface area contributed by atoms with Crippen LogP contribution in [0.25, 0.3) is 0 Å². The molecule has 0 spiro atoms. The maximum absolute atomic E-state index is 11.9. The summed E-state index contributed by atoms with van der Waals surface area (Å²) in [6, 6.07) is 0. The van der Waals surface area contributed by atoms with Gasteiger partial charge in [0.2, 0.25) is 5.91 Å². The molecule has 1 heterocycles. The van der Waals surface area contributed by atoms with E-state index in [9.17, 15) is 4.79 Å². The van der Waals surface area contributed by atoms with Crippen molar-refractivity contribution < 1.29 is 4.79 Å². The third-order valence-corrected chi connectivity index (χ3v) is 3.14. The molecule has 1 saturated heterocycles. The Morgan fingerprint density at radius 2 is 2.08 bits per heavy atom. The normalized spacial score (nSPS) is 26.7. The highest BCUT2D eigenvalue weighted by Crippen LogP contribution is 2.46. The first-order valence-corrected chi connectivity index (χ1v) is 5.22. The molecule has 2 aliphatic rings. The molecule has 0 radical (unpaired) electrons. The highest BCUT2D eigenvalue weighted by Gasteiger charge is 2.46. The molecule has 0 atom stereocenters. The van der Waals surface area contributed by atoms with Crippen molar-refractivity contribution >= 4 is 5.91 Å². The lowest BCUT2D eigenvalue weighted by atomic mass is 10.1. The molecule has 2 fully saturated rings. The Hall–Kier alpha value is -0.570. The third-order valence-electron chi connectivity index (χ3n) is 3.14. The van der Waals surface area contributed by atoms with Gasteiger partial charge in [0.05, 0.1) is 0 Å². The topological polar surface area (TPSA) is 32.3 Å². The van der Waals surface area contributed by atoms with Gasteiger partial charge in [-0.1, -0.05) is 6.92 Å². The predicted molar refractivity (Wildman–Crippen MR) is 51.4 cm³/mol. The fraction of sp³-hybridized carbons (Fsp3) is 0.900. The van der Waals surface area contributed by atoms with Gasteiger partial charge in [-0.3, -0.25) is 4.79 Å². The van der Waals surface area contributed by atoms with E-state index in [0.29, 0.717) is 5.91 Å². The minimum Gasteiger partial charge on any atom is -0.341 e. The van der Waals surface area contributed by atoms with Crippen LogP contribution < -0.4 is 5.32 Å². The second-order valence-electron chi connectivity index (χ2n) is 4.46. The minimum absolute atomic E-state index is 0.0182. The molecule has 74 valence electrons. The van der Waals surface area contributed by atoms with Crippen molar-refractivity contribution in [3.63, 3.8) is 0 Å². The summed E-state index contributed by atoms with van der Waals surface area (Å²) in [4.78, 5) is 14.0. The molecule has 13 heavy (non-hydrogen) atoms. The maximum Gasteiger partial charge on any atom is 0.228 e. The molecule has 0 unspecified atom stereocenters. The van der Waals surface area contributed by atoms with Gasteiger partial charge in [0.15, 0.2) is 0 Å². The van der Waals surface area contributed by atoms with Gasteiger partial charge in [-0.2, -0.15) is 0 Å². The van der Waals surface area contributed by atoms with Crippen LogP contribution in [0.2, 0.25) is 0 Å². The number of nitrogens with one attached hydrogen (secondary N) is 1. The fourth-order valence-electron chi connectivity index (χ4n) is 1.83. The summed E-state index contributed by atoms with van der Waals surface area (Å²) in [7, 11) is 0. The van der Waals surface area contributed by atoms with E-state index in [4.69, 9.17) is 0 Å². The van der Waals surface area contributed by atoms with E-state index in [1.807, 2.05) is 4.90 Å². The van der Waals surface area contributed by atoms with Crippen LogP contribution in [0, 0.1) is 5.41 Å². The Labute approximate surface area is 79.5 Å². The van der Waals surface area contributed by atoms with Gasteiger partial charge < -0.3 is 10.2 Å². The van der Waals surface area contributed by atoms with Gasteiger partial charge in [0, 0.05) is 25.0 Å². The second-order valence-corrected chi connectivity index (χ2v) is 4.46. The van der Waals surface area contributed by atoms with Crippen molar-refractivity contribution in [3.05, 3.63) is 0 Å². The first kappa shape index (κ1) is 9.00. The maximum atomic E-state index is 11.9. The van der Waals surface area contributed by atoms with Gasteiger partial charge in [0.25, 0.3) is 0 Å². The second kappa shape index (κ2) is 3.29. The summed E-state index contributed by atoms with van der Waals surface area (Å²) in [6.45, 7) is 5.95.